The Morgan fingerprint density at radius 1 is 1.31 bits per heavy atom. The average Bonchev–Trinajstić information content (AvgIpc) is 3.27. The molecule has 1 atom stereocenters. The molecule has 2 aromatic rings. The highest BCUT2D eigenvalue weighted by Gasteiger charge is 2.09. The average molecular weight is 358 g/mol. The van der Waals surface area contributed by atoms with Crippen LogP contribution in [0.5, 0.6) is 0 Å². The maximum absolute atomic E-state index is 11.2. The van der Waals surface area contributed by atoms with Gasteiger partial charge in [-0.05, 0) is 68.2 Å². The van der Waals surface area contributed by atoms with Gasteiger partial charge in [0.1, 0.15) is 5.76 Å². The van der Waals surface area contributed by atoms with Crippen LogP contribution in [0.15, 0.2) is 51.4 Å². The van der Waals surface area contributed by atoms with Crippen molar-refractivity contribution in [3.05, 3.63) is 59.5 Å². The van der Waals surface area contributed by atoms with Crippen LogP contribution in [0.4, 0.5) is 0 Å². The molecule has 2 heterocycles. The number of ether oxygens (including phenoxy) is 1. The van der Waals surface area contributed by atoms with Crippen molar-refractivity contribution >= 4 is 5.97 Å². The van der Waals surface area contributed by atoms with E-state index in [4.69, 9.17) is 13.6 Å². The van der Waals surface area contributed by atoms with Gasteiger partial charge in [-0.3, -0.25) is 4.79 Å². The minimum absolute atomic E-state index is 0.114. The Bertz CT molecular complexity index is 679. The van der Waals surface area contributed by atoms with Crippen LogP contribution in [0.2, 0.25) is 0 Å². The van der Waals surface area contributed by atoms with Gasteiger partial charge in [-0.2, -0.15) is 0 Å². The molecule has 0 aliphatic heterocycles. The maximum Gasteiger partial charge on any atom is 0.305 e. The number of methoxy groups -OCH3 is 1. The topological polar surface area (TPSA) is 52.6 Å². The lowest BCUT2D eigenvalue weighted by Gasteiger charge is -2.09. The fraction of sp³-hybridized carbons (Fsp3) is 0.500. The quantitative estimate of drug-likeness (QED) is 0.381. The van der Waals surface area contributed by atoms with E-state index in [0.29, 0.717) is 12.3 Å². The van der Waals surface area contributed by atoms with Crippen molar-refractivity contribution in [3.63, 3.8) is 0 Å². The molecule has 0 bridgehead atoms. The zero-order chi connectivity index (χ0) is 18.8. The SMILES string of the molecule is COC(=O)C[C@H](C)CCCC(C)=CCCc1coc(Cc2ccoc2)c1. The number of hydrogen-bond acceptors (Lipinski definition) is 4. The van der Waals surface area contributed by atoms with Crippen molar-refractivity contribution in [2.45, 2.75) is 58.8 Å². The van der Waals surface area contributed by atoms with Crippen molar-refractivity contribution in [2.24, 2.45) is 5.92 Å². The summed E-state index contributed by atoms with van der Waals surface area (Å²) in [5, 5.41) is 0. The van der Waals surface area contributed by atoms with Crippen molar-refractivity contribution in [1.29, 1.82) is 0 Å². The first-order chi connectivity index (χ1) is 12.6. The van der Waals surface area contributed by atoms with Gasteiger partial charge >= 0.3 is 5.97 Å². The van der Waals surface area contributed by atoms with E-state index in [2.05, 4.69) is 26.0 Å². The molecule has 0 fully saturated rings. The Morgan fingerprint density at radius 2 is 2.15 bits per heavy atom. The van der Waals surface area contributed by atoms with Crippen LogP contribution in [0.25, 0.3) is 0 Å². The van der Waals surface area contributed by atoms with Gasteiger partial charge in [-0.1, -0.05) is 18.6 Å². The number of furan rings is 2. The number of allylic oxidation sites excluding steroid dienone is 2. The van der Waals surface area contributed by atoms with Crippen molar-refractivity contribution in [1.82, 2.24) is 0 Å². The summed E-state index contributed by atoms with van der Waals surface area (Å²) in [4.78, 5) is 11.2. The summed E-state index contributed by atoms with van der Waals surface area (Å²) in [6.07, 6.45) is 14.2. The van der Waals surface area contributed by atoms with E-state index in [1.165, 1.54) is 18.2 Å². The van der Waals surface area contributed by atoms with Gasteiger partial charge in [0.25, 0.3) is 0 Å². The predicted molar refractivity (Wildman–Crippen MR) is 102 cm³/mol. The number of carbonyl (C=O) groups is 1. The fourth-order valence-electron chi connectivity index (χ4n) is 3.03. The second kappa shape index (κ2) is 10.7. The molecule has 0 unspecified atom stereocenters. The Labute approximate surface area is 156 Å². The third kappa shape index (κ3) is 7.34. The van der Waals surface area contributed by atoms with Crippen molar-refractivity contribution < 1.29 is 18.4 Å². The Balaban J connectivity index is 1.64. The second-order valence-electron chi connectivity index (χ2n) is 7.10. The normalized spacial score (nSPS) is 13.0. The van der Waals surface area contributed by atoms with Gasteiger partial charge in [0.05, 0.1) is 25.9 Å². The van der Waals surface area contributed by atoms with E-state index in [0.717, 1.165) is 49.8 Å². The summed E-state index contributed by atoms with van der Waals surface area (Å²) < 4.78 is 15.4. The third-order valence-corrected chi connectivity index (χ3v) is 4.60. The molecule has 0 N–H and O–H groups in total. The first kappa shape index (κ1) is 20.1. The maximum atomic E-state index is 11.2. The smallest absolute Gasteiger partial charge is 0.305 e. The molecule has 0 radical (unpaired) electrons. The summed E-state index contributed by atoms with van der Waals surface area (Å²) in [5.41, 5.74) is 3.78. The predicted octanol–water partition coefficient (Wildman–Crippen LogP) is 5.71. The van der Waals surface area contributed by atoms with Gasteiger partial charge in [-0.15, -0.1) is 0 Å². The Hall–Kier alpha value is -2.23. The first-order valence-electron chi connectivity index (χ1n) is 9.36. The molecular formula is C22H30O4. The molecule has 0 saturated heterocycles. The van der Waals surface area contributed by atoms with Crippen LogP contribution in [-0.4, -0.2) is 13.1 Å². The summed E-state index contributed by atoms with van der Waals surface area (Å²) in [6, 6.07) is 4.09. The van der Waals surface area contributed by atoms with E-state index in [-0.39, 0.29) is 5.97 Å². The lowest BCUT2D eigenvalue weighted by molar-refractivity contribution is -0.141. The van der Waals surface area contributed by atoms with Gasteiger partial charge in [0, 0.05) is 12.8 Å². The highest BCUT2D eigenvalue weighted by atomic mass is 16.5. The monoisotopic (exact) mass is 358 g/mol. The van der Waals surface area contributed by atoms with Gasteiger partial charge in [0.15, 0.2) is 0 Å². The molecule has 0 amide bonds. The zero-order valence-corrected chi connectivity index (χ0v) is 16.1. The van der Waals surface area contributed by atoms with E-state index in [1.54, 1.807) is 12.5 Å². The van der Waals surface area contributed by atoms with Crippen LogP contribution in [0.3, 0.4) is 0 Å². The molecule has 0 aliphatic carbocycles. The van der Waals surface area contributed by atoms with Crippen molar-refractivity contribution in [3.8, 4) is 0 Å². The van der Waals surface area contributed by atoms with Crippen LogP contribution in [0.1, 0.15) is 62.8 Å². The van der Waals surface area contributed by atoms with Crippen LogP contribution >= 0.6 is 0 Å². The third-order valence-electron chi connectivity index (χ3n) is 4.60. The summed E-state index contributed by atoms with van der Waals surface area (Å²) in [7, 11) is 1.45. The van der Waals surface area contributed by atoms with E-state index in [9.17, 15) is 4.79 Å². The number of carbonyl (C=O) groups excluding carboxylic acids is 1. The molecule has 4 heteroatoms. The van der Waals surface area contributed by atoms with Gasteiger partial charge in [-0.25, -0.2) is 0 Å². The number of esters is 1. The Morgan fingerprint density at radius 3 is 2.88 bits per heavy atom. The molecule has 0 aliphatic rings. The standard InChI is InChI=1S/C22H30O4/c1-17(6-4-8-18(2)12-22(23)24-3)7-5-9-19-13-21(26-16-19)14-20-10-11-25-15-20/h7,10-11,13,15-16,18H,4-6,8-9,12,14H2,1-3H3/t18-/m1/s1. The first-order valence-corrected chi connectivity index (χ1v) is 9.36. The number of hydrogen-bond donors (Lipinski definition) is 0. The van der Waals surface area contributed by atoms with Gasteiger partial charge < -0.3 is 13.6 Å². The number of rotatable bonds is 11. The van der Waals surface area contributed by atoms with Crippen molar-refractivity contribution in [2.75, 3.05) is 7.11 Å². The largest absolute Gasteiger partial charge is 0.472 e. The lowest BCUT2D eigenvalue weighted by atomic mass is 9.98. The molecular weight excluding hydrogens is 328 g/mol. The molecule has 0 saturated carbocycles. The zero-order valence-electron chi connectivity index (χ0n) is 16.1. The second-order valence-corrected chi connectivity index (χ2v) is 7.10. The fourth-order valence-corrected chi connectivity index (χ4v) is 3.03. The van der Waals surface area contributed by atoms with Crippen LogP contribution < -0.4 is 0 Å². The summed E-state index contributed by atoms with van der Waals surface area (Å²) in [5.74, 6) is 1.24. The van der Waals surface area contributed by atoms with E-state index < -0.39 is 0 Å². The minimum atomic E-state index is -0.114. The molecule has 0 spiro atoms. The van der Waals surface area contributed by atoms with E-state index in [1.807, 2.05) is 12.3 Å². The summed E-state index contributed by atoms with van der Waals surface area (Å²) >= 11 is 0. The highest BCUT2D eigenvalue weighted by molar-refractivity contribution is 5.69. The molecule has 2 rings (SSSR count). The lowest BCUT2D eigenvalue weighted by Crippen LogP contribution is -2.07. The van der Waals surface area contributed by atoms with Crippen LogP contribution in [-0.2, 0) is 22.4 Å². The number of aryl methyl sites for hydroxylation is 1. The molecule has 2 aromatic heterocycles. The molecule has 4 nitrogen and oxygen atoms in total. The molecule has 0 aromatic carbocycles. The minimum Gasteiger partial charge on any atom is -0.472 e. The van der Waals surface area contributed by atoms with E-state index >= 15 is 0 Å². The molecule has 26 heavy (non-hydrogen) atoms. The highest BCUT2D eigenvalue weighted by Crippen LogP contribution is 2.18. The molecule has 142 valence electrons. The van der Waals surface area contributed by atoms with Crippen LogP contribution in [0, 0.1) is 5.92 Å². The van der Waals surface area contributed by atoms with Gasteiger partial charge in [0.2, 0.25) is 0 Å². The summed E-state index contributed by atoms with van der Waals surface area (Å²) in [6.45, 7) is 4.29. The Kier molecular flexibility index (Phi) is 8.26.